The van der Waals surface area contributed by atoms with Gasteiger partial charge in [0.1, 0.15) is 6.23 Å². The fraction of sp³-hybridized carbons (Fsp3) is 0.750. The van der Waals surface area contributed by atoms with Gasteiger partial charge in [0, 0.05) is 0 Å². The molecule has 0 saturated heterocycles. The minimum atomic E-state index is 0.234. The van der Waals surface area contributed by atoms with Crippen LogP contribution in [0.5, 0.6) is 0 Å². The van der Waals surface area contributed by atoms with E-state index in [4.69, 9.17) is 4.74 Å². The maximum Gasteiger partial charge on any atom is 0.110 e. The number of nitrogens with zero attached hydrogens (tertiary/aromatic N) is 1. The van der Waals surface area contributed by atoms with E-state index in [9.17, 15) is 0 Å². The third-order valence-corrected chi connectivity index (χ3v) is 1.33. The first-order valence-electron chi connectivity index (χ1n) is 3.61. The summed E-state index contributed by atoms with van der Waals surface area (Å²) in [6, 6.07) is 0. The summed E-state index contributed by atoms with van der Waals surface area (Å²) < 4.78 is 5.41. The second kappa shape index (κ2) is 5.45. The third-order valence-electron chi connectivity index (χ3n) is 1.33. The van der Waals surface area contributed by atoms with Gasteiger partial charge < -0.3 is 4.74 Å². The molecule has 0 radical (unpaired) electrons. The fourth-order valence-electron chi connectivity index (χ4n) is 0.811. The Hall–Kier alpha value is -0.340. The molecule has 0 N–H and O–H groups in total. The summed E-state index contributed by atoms with van der Waals surface area (Å²) in [6.45, 7) is 6.32. The normalized spacial score (nSPS) is 13.6. The summed E-state index contributed by atoms with van der Waals surface area (Å²) in [4.78, 5) is 2.06. The van der Waals surface area contributed by atoms with Crippen molar-refractivity contribution < 1.29 is 4.74 Å². The number of rotatable bonds is 5. The van der Waals surface area contributed by atoms with E-state index in [2.05, 4.69) is 18.4 Å². The summed E-state index contributed by atoms with van der Waals surface area (Å²) in [5.74, 6) is 0. The maximum atomic E-state index is 5.41. The van der Waals surface area contributed by atoms with E-state index >= 15 is 0 Å². The molecule has 0 aliphatic rings. The number of ether oxygens (including phenoxy) is 1. The third kappa shape index (κ3) is 3.64. The van der Waals surface area contributed by atoms with Crippen molar-refractivity contribution in [1.82, 2.24) is 4.90 Å². The zero-order chi connectivity index (χ0) is 7.98. The highest BCUT2D eigenvalue weighted by Crippen LogP contribution is 1.99. The Bertz CT molecular complexity index is 91.3. The van der Waals surface area contributed by atoms with Crippen LogP contribution < -0.4 is 0 Å². The molecule has 2 nitrogen and oxygen atoms in total. The van der Waals surface area contributed by atoms with Gasteiger partial charge in [-0.15, -0.1) is 6.58 Å². The quantitative estimate of drug-likeness (QED) is 0.427. The molecule has 0 aliphatic heterocycles. The van der Waals surface area contributed by atoms with Crippen LogP contribution in [0.1, 0.15) is 13.3 Å². The van der Waals surface area contributed by atoms with Gasteiger partial charge in [-0.05, 0) is 20.5 Å². The van der Waals surface area contributed by atoms with Crippen LogP contribution in [0.3, 0.4) is 0 Å². The molecule has 0 aromatic heterocycles. The number of hydrogen-bond donors (Lipinski definition) is 0. The minimum Gasteiger partial charge on any atom is -0.359 e. The standard InChI is InChI=1S/C8H17NO/c1-5-7-10-8(6-2)9(3)4/h5,8H,1,6-7H2,2-4H3. The molecule has 0 fully saturated rings. The van der Waals surface area contributed by atoms with Crippen molar-refractivity contribution in [2.45, 2.75) is 19.6 Å². The Balaban J connectivity index is 3.49. The average Bonchev–Trinajstić information content (AvgIpc) is 1.89. The van der Waals surface area contributed by atoms with E-state index in [1.165, 1.54) is 0 Å². The largest absolute Gasteiger partial charge is 0.359 e. The summed E-state index contributed by atoms with van der Waals surface area (Å²) in [6.07, 6.45) is 3.02. The van der Waals surface area contributed by atoms with Crippen molar-refractivity contribution in [3.05, 3.63) is 12.7 Å². The molecule has 0 rings (SSSR count). The van der Waals surface area contributed by atoms with Crippen LogP contribution in [0.25, 0.3) is 0 Å². The molecule has 0 aliphatic carbocycles. The molecule has 60 valence electrons. The molecular formula is C8H17NO. The van der Waals surface area contributed by atoms with Crippen molar-refractivity contribution in [2.75, 3.05) is 20.7 Å². The predicted molar refractivity (Wildman–Crippen MR) is 43.9 cm³/mol. The van der Waals surface area contributed by atoms with Crippen LogP contribution in [0.4, 0.5) is 0 Å². The van der Waals surface area contributed by atoms with Gasteiger partial charge in [-0.3, -0.25) is 4.90 Å². The van der Waals surface area contributed by atoms with Gasteiger partial charge in [-0.25, -0.2) is 0 Å². The van der Waals surface area contributed by atoms with Crippen molar-refractivity contribution >= 4 is 0 Å². The number of hydrogen-bond acceptors (Lipinski definition) is 2. The van der Waals surface area contributed by atoms with Crippen molar-refractivity contribution in [3.63, 3.8) is 0 Å². The topological polar surface area (TPSA) is 12.5 Å². The molecule has 2 heteroatoms. The van der Waals surface area contributed by atoms with Gasteiger partial charge in [-0.1, -0.05) is 13.0 Å². The molecule has 0 heterocycles. The zero-order valence-corrected chi connectivity index (χ0v) is 7.13. The van der Waals surface area contributed by atoms with Gasteiger partial charge in [-0.2, -0.15) is 0 Å². The first-order valence-corrected chi connectivity index (χ1v) is 3.61. The van der Waals surface area contributed by atoms with E-state index in [-0.39, 0.29) is 6.23 Å². The molecule has 0 spiro atoms. The highest BCUT2D eigenvalue weighted by molar-refractivity contribution is 4.65. The van der Waals surface area contributed by atoms with Crippen LogP contribution >= 0.6 is 0 Å². The van der Waals surface area contributed by atoms with E-state index < -0.39 is 0 Å². The Morgan fingerprint density at radius 1 is 1.60 bits per heavy atom. The van der Waals surface area contributed by atoms with Gasteiger partial charge in [0.15, 0.2) is 0 Å². The molecule has 0 bridgehead atoms. The molecule has 10 heavy (non-hydrogen) atoms. The minimum absolute atomic E-state index is 0.234. The van der Waals surface area contributed by atoms with Crippen LogP contribution in [0.15, 0.2) is 12.7 Å². The lowest BCUT2D eigenvalue weighted by Crippen LogP contribution is -2.29. The summed E-state index contributed by atoms with van der Waals surface area (Å²) in [5.41, 5.74) is 0. The average molecular weight is 143 g/mol. The molecule has 0 amide bonds. The summed E-state index contributed by atoms with van der Waals surface area (Å²) >= 11 is 0. The van der Waals surface area contributed by atoms with Crippen molar-refractivity contribution in [3.8, 4) is 0 Å². The smallest absolute Gasteiger partial charge is 0.110 e. The van der Waals surface area contributed by atoms with Gasteiger partial charge >= 0.3 is 0 Å². The Labute approximate surface area is 63.5 Å². The monoisotopic (exact) mass is 143 g/mol. The Morgan fingerprint density at radius 2 is 2.20 bits per heavy atom. The second-order valence-corrected chi connectivity index (χ2v) is 2.45. The van der Waals surface area contributed by atoms with Crippen molar-refractivity contribution in [2.24, 2.45) is 0 Å². The fourth-order valence-corrected chi connectivity index (χ4v) is 0.811. The van der Waals surface area contributed by atoms with E-state index in [1.54, 1.807) is 6.08 Å². The predicted octanol–water partition coefficient (Wildman–Crippen LogP) is 1.49. The molecular weight excluding hydrogens is 126 g/mol. The lowest BCUT2D eigenvalue weighted by molar-refractivity contribution is -0.0242. The lowest BCUT2D eigenvalue weighted by Gasteiger charge is -2.22. The summed E-state index contributed by atoms with van der Waals surface area (Å²) in [7, 11) is 4.02. The Morgan fingerprint density at radius 3 is 2.50 bits per heavy atom. The van der Waals surface area contributed by atoms with Crippen LogP contribution in [-0.4, -0.2) is 31.8 Å². The first kappa shape index (κ1) is 9.66. The van der Waals surface area contributed by atoms with E-state index in [0.717, 1.165) is 6.42 Å². The molecule has 0 aromatic rings. The van der Waals surface area contributed by atoms with Crippen LogP contribution in [-0.2, 0) is 4.74 Å². The van der Waals surface area contributed by atoms with Crippen molar-refractivity contribution in [1.29, 1.82) is 0 Å². The lowest BCUT2D eigenvalue weighted by atomic mass is 10.4. The molecule has 0 saturated carbocycles. The van der Waals surface area contributed by atoms with E-state index in [1.807, 2.05) is 14.1 Å². The van der Waals surface area contributed by atoms with Crippen LogP contribution in [0.2, 0.25) is 0 Å². The Kier molecular flexibility index (Phi) is 5.26. The highest BCUT2D eigenvalue weighted by Gasteiger charge is 2.06. The van der Waals surface area contributed by atoms with Gasteiger partial charge in [0.25, 0.3) is 0 Å². The summed E-state index contributed by atoms with van der Waals surface area (Å²) in [5, 5.41) is 0. The SMILES string of the molecule is C=CCOC(CC)N(C)C. The highest BCUT2D eigenvalue weighted by atomic mass is 16.5. The zero-order valence-electron chi connectivity index (χ0n) is 7.13. The maximum absolute atomic E-state index is 5.41. The van der Waals surface area contributed by atoms with Gasteiger partial charge in [0.05, 0.1) is 6.61 Å². The molecule has 0 aromatic carbocycles. The first-order chi connectivity index (χ1) is 4.72. The molecule has 1 unspecified atom stereocenters. The van der Waals surface area contributed by atoms with E-state index in [0.29, 0.717) is 6.61 Å². The van der Waals surface area contributed by atoms with Crippen LogP contribution in [0, 0.1) is 0 Å². The molecule has 1 atom stereocenters. The second-order valence-electron chi connectivity index (χ2n) is 2.45. The van der Waals surface area contributed by atoms with Gasteiger partial charge in [0.2, 0.25) is 0 Å².